The summed E-state index contributed by atoms with van der Waals surface area (Å²) in [6.45, 7) is 11.2. The Morgan fingerprint density at radius 2 is 1.00 bits per heavy atom. The third-order valence-corrected chi connectivity index (χ3v) is 2.57. The Balaban J connectivity index is 0. The van der Waals surface area contributed by atoms with E-state index in [-0.39, 0.29) is 7.43 Å². The second-order valence-electron chi connectivity index (χ2n) is 4.15. The smallest absolute Gasteiger partial charge is 0.0109 e. The molecule has 0 aromatic rings. The maximum absolute atomic E-state index is 2.37. The van der Waals surface area contributed by atoms with Crippen LogP contribution in [0, 0.1) is 0 Å². The first kappa shape index (κ1) is 15.4. The monoisotopic (exact) mass is 188 g/mol. The third kappa shape index (κ3) is 7.03. The molecule has 0 saturated heterocycles. The molecule has 0 amide bonds. The van der Waals surface area contributed by atoms with Crippen molar-refractivity contribution in [3.63, 3.8) is 0 Å². The molecule has 0 aliphatic heterocycles. The third-order valence-electron chi connectivity index (χ3n) is 2.57. The van der Waals surface area contributed by atoms with E-state index in [0.717, 1.165) is 13.1 Å². The molecule has 0 rings (SSSR count). The number of rotatable bonds is 5. The summed E-state index contributed by atoms with van der Waals surface area (Å²) in [5.74, 6) is 0. The minimum Gasteiger partial charge on any atom is -0.303 e. The summed E-state index contributed by atoms with van der Waals surface area (Å²) in [6, 6.07) is 1.32. The van der Waals surface area contributed by atoms with Crippen molar-refractivity contribution in [2.45, 2.75) is 47.2 Å². The Morgan fingerprint density at radius 3 is 1.15 bits per heavy atom. The van der Waals surface area contributed by atoms with Gasteiger partial charge in [0.1, 0.15) is 0 Å². The van der Waals surface area contributed by atoms with Crippen LogP contribution in [-0.4, -0.2) is 49.1 Å². The molecular formula is C11H28N2. The number of nitrogens with zero attached hydrogens (tertiary/aromatic N) is 2. The zero-order chi connectivity index (χ0) is 9.72. The predicted octanol–water partition coefficient (Wildman–Crippen LogP) is 2.30. The van der Waals surface area contributed by atoms with Gasteiger partial charge in [-0.3, -0.25) is 0 Å². The molecule has 0 fully saturated rings. The molecule has 0 N–H and O–H groups in total. The van der Waals surface area contributed by atoms with Gasteiger partial charge in [0, 0.05) is 25.2 Å². The van der Waals surface area contributed by atoms with Gasteiger partial charge >= 0.3 is 0 Å². The highest BCUT2D eigenvalue weighted by Gasteiger charge is 2.06. The van der Waals surface area contributed by atoms with Crippen LogP contribution in [-0.2, 0) is 0 Å². The first-order chi connectivity index (χ1) is 5.45. The van der Waals surface area contributed by atoms with Crippen molar-refractivity contribution in [2.75, 3.05) is 27.2 Å². The van der Waals surface area contributed by atoms with E-state index in [2.05, 4.69) is 51.6 Å². The van der Waals surface area contributed by atoms with Crippen molar-refractivity contribution in [2.24, 2.45) is 0 Å². The van der Waals surface area contributed by atoms with E-state index in [0.29, 0.717) is 12.1 Å². The SMILES string of the molecule is C.CC(C)N(C)CCN(C)C(C)C. The topological polar surface area (TPSA) is 6.48 Å². The lowest BCUT2D eigenvalue weighted by Crippen LogP contribution is -2.37. The van der Waals surface area contributed by atoms with Crippen LogP contribution < -0.4 is 0 Å². The van der Waals surface area contributed by atoms with Gasteiger partial charge in [-0.1, -0.05) is 7.43 Å². The van der Waals surface area contributed by atoms with E-state index in [9.17, 15) is 0 Å². The van der Waals surface area contributed by atoms with Crippen molar-refractivity contribution in [3.8, 4) is 0 Å². The quantitative estimate of drug-likeness (QED) is 0.653. The highest BCUT2D eigenvalue weighted by molar-refractivity contribution is 4.62. The molecule has 0 radical (unpaired) electrons. The fourth-order valence-corrected chi connectivity index (χ4v) is 0.832. The summed E-state index contributed by atoms with van der Waals surface area (Å²) in [4.78, 5) is 4.75. The average molecular weight is 188 g/mol. The Labute approximate surface area is 84.9 Å². The number of likely N-dealkylation sites (N-methyl/N-ethyl adjacent to an activating group) is 2. The Morgan fingerprint density at radius 1 is 0.769 bits per heavy atom. The molecule has 0 aliphatic rings. The van der Waals surface area contributed by atoms with Gasteiger partial charge in [-0.2, -0.15) is 0 Å². The van der Waals surface area contributed by atoms with E-state index >= 15 is 0 Å². The van der Waals surface area contributed by atoms with Crippen LogP contribution in [0.15, 0.2) is 0 Å². The lowest BCUT2D eigenvalue weighted by Gasteiger charge is -2.26. The van der Waals surface area contributed by atoms with E-state index in [1.54, 1.807) is 0 Å². The molecule has 0 spiro atoms. The second-order valence-corrected chi connectivity index (χ2v) is 4.15. The zero-order valence-corrected chi connectivity index (χ0v) is 9.46. The number of hydrogen-bond acceptors (Lipinski definition) is 2. The van der Waals surface area contributed by atoms with Crippen LogP contribution in [0.4, 0.5) is 0 Å². The van der Waals surface area contributed by atoms with Gasteiger partial charge < -0.3 is 9.80 Å². The summed E-state index contributed by atoms with van der Waals surface area (Å²) in [5, 5.41) is 0. The predicted molar refractivity (Wildman–Crippen MR) is 62.3 cm³/mol. The van der Waals surface area contributed by atoms with Crippen LogP contribution in [0.25, 0.3) is 0 Å². The summed E-state index contributed by atoms with van der Waals surface area (Å²) >= 11 is 0. The zero-order valence-electron chi connectivity index (χ0n) is 9.46. The van der Waals surface area contributed by atoms with E-state index in [1.165, 1.54) is 0 Å². The summed E-state index contributed by atoms with van der Waals surface area (Å²) in [5.41, 5.74) is 0. The van der Waals surface area contributed by atoms with Gasteiger partial charge in [-0.05, 0) is 41.8 Å². The minimum absolute atomic E-state index is 0. The van der Waals surface area contributed by atoms with Gasteiger partial charge in [-0.25, -0.2) is 0 Å². The number of hydrogen-bond donors (Lipinski definition) is 0. The molecule has 0 bridgehead atoms. The molecule has 0 aromatic carbocycles. The van der Waals surface area contributed by atoms with Crippen LogP contribution in [0.5, 0.6) is 0 Å². The first-order valence-electron chi connectivity index (χ1n) is 4.85. The Kier molecular flexibility index (Phi) is 8.69. The fourth-order valence-electron chi connectivity index (χ4n) is 0.832. The largest absolute Gasteiger partial charge is 0.303 e. The van der Waals surface area contributed by atoms with Crippen LogP contribution in [0.1, 0.15) is 35.1 Å². The molecular weight excluding hydrogens is 160 g/mol. The maximum Gasteiger partial charge on any atom is 0.0109 e. The molecule has 0 heterocycles. The van der Waals surface area contributed by atoms with Crippen LogP contribution >= 0.6 is 0 Å². The standard InChI is InChI=1S/C10H24N2.CH4/c1-9(2)11(5)7-8-12(6)10(3)4;/h9-10H,7-8H2,1-6H3;1H4. The summed E-state index contributed by atoms with van der Waals surface area (Å²) in [7, 11) is 4.36. The van der Waals surface area contributed by atoms with E-state index in [1.807, 2.05) is 0 Å². The molecule has 0 saturated carbocycles. The van der Waals surface area contributed by atoms with Gasteiger partial charge in [0.05, 0.1) is 0 Å². The summed E-state index contributed by atoms with van der Waals surface area (Å²) < 4.78 is 0. The fraction of sp³-hybridized carbons (Fsp3) is 1.00. The van der Waals surface area contributed by atoms with Crippen molar-refractivity contribution in [1.29, 1.82) is 0 Å². The highest BCUT2D eigenvalue weighted by atomic mass is 15.2. The molecule has 0 unspecified atom stereocenters. The van der Waals surface area contributed by atoms with E-state index in [4.69, 9.17) is 0 Å². The second kappa shape index (κ2) is 7.34. The van der Waals surface area contributed by atoms with Crippen molar-refractivity contribution >= 4 is 0 Å². The van der Waals surface area contributed by atoms with Crippen molar-refractivity contribution in [1.82, 2.24) is 9.80 Å². The lowest BCUT2D eigenvalue weighted by molar-refractivity contribution is 0.202. The molecule has 0 atom stereocenters. The Hall–Kier alpha value is -0.0800. The molecule has 0 aliphatic carbocycles. The van der Waals surface area contributed by atoms with Crippen LogP contribution in [0.3, 0.4) is 0 Å². The molecule has 82 valence electrons. The Bertz CT molecular complexity index is 96.7. The van der Waals surface area contributed by atoms with Crippen molar-refractivity contribution < 1.29 is 0 Å². The van der Waals surface area contributed by atoms with Gasteiger partial charge in [-0.15, -0.1) is 0 Å². The normalized spacial score (nSPS) is 11.5. The maximum atomic E-state index is 2.37. The van der Waals surface area contributed by atoms with E-state index < -0.39 is 0 Å². The molecule has 13 heavy (non-hydrogen) atoms. The van der Waals surface area contributed by atoms with Gasteiger partial charge in [0.25, 0.3) is 0 Å². The lowest BCUT2D eigenvalue weighted by atomic mass is 10.3. The first-order valence-corrected chi connectivity index (χ1v) is 4.85. The molecule has 2 heteroatoms. The summed E-state index contributed by atoms with van der Waals surface area (Å²) in [6.07, 6.45) is 0. The van der Waals surface area contributed by atoms with Gasteiger partial charge in [0.15, 0.2) is 0 Å². The van der Waals surface area contributed by atoms with Crippen molar-refractivity contribution in [3.05, 3.63) is 0 Å². The van der Waals surface area contributed by atoms with Crippen LogP contribution in [0.2, 0.25) is 0 Å². The highest BCUT2D eigenvalue weighted by Crippen LogP contribution is 1.96. The van der Waals surface area contributed by atoms with Gasteiger partial charge in [0.2, 0.25) is 0 Å². The molecule has 0 aromatic heterocycles. The minimum atomic E-state index is 0. The average Bonchev–Trinajstić information content (AvgIpc) is 1.98. The molecule has 2 nitrogen and oxygen atoms in total.